The SMILES string of the molecule is CC(C)N1CCCC(SCC(=O)Nc2ccccc2)C1=O. The molecule has 0 spiro atoms. The quantitative estimate of drug-likeness (QED) is 0.910. The second kappa shape index (κ2) is 7.50. The molecular formula is C16H22N2O2S. The van der Waals surface area contributed by atoms with Gasteiger partial charge in [0.05, 0.1) is 11.0 Å². The number of hydrogen-bond acceptors (Lipinski definition) is 3. The van der Waals surface area contributed by atoms with Crippen LogP contribution >= 0.6 is 11.8 Å². The molecule has 1 aliphatic rings. The van der Waals surface area contributed by atoms with Crippen LogP contribution in [0.1, 0.15) is 26.7 Å². The molecule has 1 aromatic carbocycles. The number of para-hydroxylation sites is 1. The standard InChI is InChI=1S/C16H22N2O2S/c1-12(2)18-10-6-9-14(16(18)20)21-11-15(19)17-13-7-4-3-5-8-13/h3-5,7-8,12,14H,6,9-11H2,1-2H3,(H,17,19). The maximum atomic E-state index is 12.3. The van der Waals surface area contributed by atoms with E-state index in [-0.39, 0.29) is 23.1 Å². The van der Waals surface area contributed by atoms with Gasteiger partial charge in [-0.2, -0.15) is 0 Å². The van der Waals surface area contributed by atoms with Crippen molar-refractivity contribution < 1.29 is 9.59 Å². The minimum Gasteiger partial charge on any atom is -0.339 e. The van der Waals surface area contributed by atoms with Crippen molar-refractivity contribution in [3.63, 3.8) is 0 Å². The number of rotatable bonds is 5. The Morgan fingerprint density at radius 1 is 1.38 bits per heavy atom. The molecule has 5 heteroatoms. The minimum absolute atomic E-state index is 0.0549. The number of likely N-dealkylation sites (tertiary alicyclic amines) is 1. The predicted octanol–water partition coefficient (Wildman–Crippen LogP) is 2.76. The van der Waals surface area contributed by atoms with E-state index in [0.717, 1.165) is 25.1 Å². The Balaban J connectivity index is 1.82. The van der Waals surface area contributed by atoms with E-state index >= 15 is 0 Å². The smallest absolute Gasteiger partial charge is 0.235 e. The third-order valence-electron chi connectivity index (χ3n) is 3.52. The topological polar surface area (TPSA) is 49.4 Å². The molecule has 0 saturated carbocycles. The van der Waals surface area contributed by atoms with E-state index in [9.17, 15) is 9.59 Å². The number of carbonyl (C=O) groups excluding carboxylic acids is 2. The van der Waals surface area contributed by atoms with Crippen LogP contribution in [0.4, 0.5) is 5.69 Å². The molecule has 1 fully saturated rings. The average molecular weight is 306 g/mol. The first kappa shape index (κ1) is 15.9. The molecule has 1 N–H and O–H groups in total. The second-order valence-corrected chi connectivity index (χ2v) is 6.67. The van der Waals surface area contributed by atoms with Crippen LogP contribution in [0.3, 0.4) is 0 Å². The number of benzene rings is 1. The normalized spacial score (nSPS) is 18.9. The molecule has 21 heavy (non-hydrogen) atoms. The molecule has 2 amide bonds. The van der Waals surface area contributed by atoms with Gasteiger partial charge < -0.3 is 10.2 Å². The van der Waals surface area contributed by atoms with Gasteiger partial charge in [0.25, 0.3) is 0 Å². The minimum atomic E-state index is -0.0809. The molecule has 0 radical (unpaired) electrons. The summed E-state index contributed by atoms with van der Waals surface area (Å²) in [4.78, 5) is 26.1. The fraction of sp³-hybridized carbons (Fsp3) is 0.500. The van der Waals surface area contributed by atoms with E-state index < -0.39 is 0 Å². The molecule has 0 aliphatic carbocycles. The lowest BCUT2D eigenvalue weighted by atomic mass is 10.1. The fourth-order valence-corrected chi connectivity index (χ4v) is 3.46. The number of piperidine rings is 1. The number of carbonyl (C=O) groups is 2. The molecular weight excluding hydrogens is 284 g/mol. The molecule has 1 aromatic rings. The second-order valence-electron chi connectivity index (χ2n) is 5.48. The molecule has 1 unspecified atom stereocenters. The number of nitrogens with one attached hydrogen (secondary N) is 1. The van der Waals surface area contributed by atoms with E-state index in [1.54, 1.807) is 0 Å². The van der Waals surface area contributed by atoms with Crippen LogP contribution in [0.25, 0.3) is 0 Å². The van der Waals surface area contributed by atoms with Crippen LogP contribution in [0.2, 0.25) is 0 Å². The third kappa shape index (κ3) is 4.49. The van der Waals surface area contributed by atoms with E-state index in [4.69, 9.17) is 0 Å². The van der Waals surface area contributed by atoms with E-state index in [2.05, 4.69) is 5.32 Å². The summed E-state index contributed by atoms with van der Waals surface area (Å²) >= 11 is 1.45. The van der Waals surface area contributed by atoms with Gasteiger partial charge in [-0.15, -0.1) is 11.8 Å². The average Bonchev–Trinajstić information content (AvgIpc) is 2.47. The van der Waals surface area contributed by atoms with Gasteiger partial charge in [-0.1, -0.05) is 18.2 Å². The van der Waals surface area contributed by atoms with Gasteiger partial charge in [0.2, 0.25) is 11.8 Å². The van der Waals surface area contributed by atoms with Crippen molar-refractivity contribution >= 4 is 29.3 Å². The Hall–Kier alpha value is -1.49. The van der Waals surface area contributed by atoms with Gasteiger partial charge in [0, 0.05) is 18.3 Å². The van der Waals surface area contributed by atoms with Crippen molar-refractivity contribution in [1.82, 2.24) is 4.90 Å². The molecule has 1 saturated heterocycles. The number of amides is 2. The zero-order chi connectivity index (χ0) is 15.2. The monoisotopic (exact) mass is 306 g/mol. The van der Waals surface area contributed by atoms with Gasteiger partial charge in [-0.3, -0.25) is 9.59 Å². The number of hydrogen-bond donors (Lipinski definition) is 1. The Morgan fingerprint density at radius 2 is 2.10 bits per heavy atom. The zero-order valence-corrected chi connectivity index (χ0v) is 13.4. The van der Waals surface area contributed by atoms with Gasteiger partial charge in [0.15, 0.2) is 0 Å². The Labute approximate surface area is 130 Å². The van der Waals surface area contributed by atoms with Crippen molar-refractivity contribution in [2.45, 2.75) is 38.0 Å². The first-order chi connectivity index (χ1) is 10.1. The maximum Gasteiger partial charge on any atom is 0.235 e. The summed E-state index contributed by atoms with van der Waals surface area (Å²) in [5.74, 6) is 0.437. The summed E-state index contributed by atoms with van der Waals surface area (Å²) in [6, 6.07) is 9.62. The first-order valence-electron chi connectivity index (χ1n) is 7.35. The Morgan fingerprint density at radius 3 is 2.76 bits per heavy atom. The van der Waals surface area contributed by atoms with Crippen molar-refractivity contribution in [3.8, 4) is 0 Å². The largest absolute Gasteiger partial charge is 0.339 e. The van der Waals surface area contributed by atoms with Crippen molar-refractivity contribution in [2.24, 2.45) is 0 Å². The zero-order valence-electron chi connectivity index (χ0n) is 12.5. The highest BCUT2D eigenvalue weighted by Crippen LogP contribution is 2.25. The Bertz CT molecular complexity index is 490. The van der Waals surface area contributed by atoms with Crippen LogP contribution in [-0.2, 0) is 9.59 Å². The van der Waals surface area contributed by atoms with Gasteiger partial charge in [-0.05, 0) is 38.8 Å². The summed E-state index contributed by atoms with van der Waals surface area (Å²) in [5, 5.41) is 2.76. The lowest BCUT2D eigenvalue weighted by molar-refractivity contribution is -0.134. The van der Waals surface area contributed by atoms with Crippen LogP contribution in [0, 0.1) is 0 Å². The van der Waals surface area contributed by atoms with Gasteiger partial charge in [0.1, 0.15) is 0 Å². The summed E-state index contributed by atoms with van der Waals surface area (Å²) in [6.45, 7) is 4.91. The molecule has 1 aliphatic heterocycles. The number of thioether (sulfide) groups is 1. The summed E-state index contributed by atoms with van der Waals surface area (Å²) in [5.41, 5.74) is 0.793. The van der Waals surface area contributed by atoms with Crippen molar-refractivity contribution in [2.75, 3.05) is 17.6 Å². The first-order valence-corrected chi connectivity index (χ1v) is 8.40. The van der Waals surface area contributed by atoms with Crippen molar-refractivity contribution in [3.05, 3.63) is 30.3 Å². The molecule has 1 heterocycles. The molecule has 2 rings (SSSR count). The maximum absolute atomic E-state index is 12.3. The van der Waals surface area contributed by atoms with Crippen LogP contribution in [0.5, 0.6) is 0 Å². The molecule has 4 nitrogen and oxygen atoms in total. The summed E-state index contributed by atoms with van der Waals surface area (Å²) in [6.07, 6.45) is 1.88. The molecule has 0 bridgehead atoms. The number of nitrogens with zero attached hydrogens (tertiary/aromatic N) is 1. The highest BCUT2D eigenvalue weighted by Gasteiger charge is 2.30. The molecule has 114 valence electrons. The van der Waals surface area contributed by atoms with Crippen molar-refractivity contribution in [1.29, 1.82) is 0 Å². The van der Waals surface area contributed by atoms with E-state index in [0.29, 0.717) is 5.75 Å². The number of anilines is 1. The predicted molar refractivity (Wildman–Crippen MR) is 87.4 cm³/mol. The Kier molecular flexibility index (Phi) is 5.67. The van der Waals surface area contributed by atoms with E-state index in [1.807, 2.05) is 49.1 Å². The lowest BCUT2D eigenvalue weighted by Gasteiger charge is -2.34. The fourth-order valence-electron chi connectivity index (χ4n) is 2.43. The van der Waals surface area contributed by atoms with Crippen LogP contribution < -0.4 is 5.32 Å². The summed E-state index contributed by atoms with van der Waals surface area (Å²) < 4.78 is 0. The van der Waals surface area contributed by atoms with E-state index in [1.165, 1.54) is 11.8 Å². The lowest BCUT2D eigenvalue weighted by Crippen LogP contribution is -2.46. The molecule has 0 aromatic heterocycles. The van der Waals surface area contributed by atoms with Gasteiger partial charge in [-0.25, -0.2) is 0 Å². The highest BCUT2D eigenvalue weighted by atomic mass is 32.2. The third-order valence-corrected chi connectivity index (χ3v) is 4.79. The molecule has 1 atom stereocenters. The van der Waals surface area contributed by atoms with Gasteiger partial charge >= 0.3 is 0 Å². The van der Waals surface area contributed by atoms with Crippen LogP contribution in [0.15, 0.2) is 30.3 Å². The highest BCUT2D eigenvalue weighted by molar-refractivity contribution is 8.01. The van der Waals surface area contributed by atoms with Crippen LogP contribution in [-0.4, -0.2) is 40.3 Å². The summed E-state index contributed by atoms with van der Waals surface area (Å²) in [7, 11) is 0.